The van der Waals surface area contributed by atoms with Gasteiger partial charge in [-0.25, -0.2) is 17.5 Å². The van der Waals surface area contributed by atoms with Gasteiger partial charge in [0, 0.05) is 24.6 Å². The maximum Gasteiger partial charge on any atom is 0.426 e. The SMILES string of the molecule is Cc1cc(CC(=O)c2cc(S(=O)(=O)N[C@H]3CCOC3)sc2C(F)(F)F)ccc1F. The Bertz CT molecular complexity index is 1020. The molecule has 3 rings (SSSR count). The molecule has 0 amide bonds. The minimum absolute atomic E-state index is 0.00413. The molecule has 1 aromatic carbocycles. The van der Waals surface area contributed by atoms with Gasteiger partial charge in [-0.05, 0) is 36.6 Å². The average Bonchev–Trinajstić information content (AvgIpc) is 3.27. The zero-order valence-electron chi connectivity index (χ0n) is 15.2. The summed E-state index contributed by atoms with van der Waals surface area (Å²) in [5, 5.41) is 0. The number of hydrogen-bond donors (Lipinski definition) is 1. The molecule has 1 fully saturated rings. The molecular weight excluding hydrogens is 434 g/mol. The fourth-order valence-electron chi connectivity index (χ4n) is 2.92. The van der Waals surface area contributed by atoms with Gasteiger partial charge in [0.1, 0.15) is 14.9 Å². The third-order valence-electron chi connectivity index (χ3n) is 4.37. The highest BCUT2D eigenvalue weighted by molar-refractivity contribution is 7.91. The van der Waals surface area contributed by atoms with Crippen molar-refractivity contribution in [3.05, 3.63) is 51.7 Å². The van der Waals surface area contributed by atoms with Gasteiger partial charge >= 0.3 is 6.18 Å². The second-order valence-corrected chi connectivity index (χ2v) is 9.66. The van der Waals surface area contributed by atoms with Gasteiger partial charge in [-0.2, -0.15) is 13.2 Å². The molecule has 29 heavy (non-hydrogen) atoms. The van der Waals surface area contributed by atoms with Crippen molar-refractivity contribution in [1.29, 1.82) is 0 Å². The van der Waals surface area contributed by atoms with E-state index in [1.54, 1.807) is 0 Å². The van der Waals surface area contributed by atoms with Gasteiger partial charge in [-0.15, -0.1) is 11.3 Å². The van der Waals surface area contributed by atoms with E-state index in [0.717, 1.165) is 12.1 Å². The molecule has 0 saturated carbocycles. The topological polar surface area (TPSA) is 72.5 Å². The van der Waals surface area contributed by atoms with Crippen molar-refractivity contribution >= 4 is 27.1 Å². The van der Waals surface area contributed by atoms with Gasteiger partial charge in [0.2, 0.25) is 10.0 Å². The molecule has 1 saturated heterocycles. The summed E-state index contributed by atoms with van der Waals surface area (Å²) >= 11 is 0.00413. The van der Waals surface area contributed by atoms with E-state index < -0.39 is 54.9 Å². The maximum absolute atomic E-state index is 13.4. The molecule has 0 radical (unpaired) electrons. The summed E-state index contributed by atoms with van der Waals surface area (Å²) in [5.74, 6) is -1.40. The van der Waals surface area contributed by atoms with Crippen LogP contribution in [-0.2, 0) is 27.4 Å². The molecular formula is C18H17F4NO4S2. The molecule has 1 aromatic heterocycles. The lowest BCUT2D eigenvalue weighted by Crippen LogP contribution is -2.34. The van der Waals surface area contributed by atoms with Gasteiger partial charge in [0.15, 0.2) is 5.78 Å². The Morgan fingerprint density at radius 3 is 2.62 bits per heavy atom. The number of Topliss-reactive ketones (excluding diaryl/α,β-unsaturated/α-hetero) is 1. The maximum atomic E-state index is 13.4. The highest BCUT2D eigenvalue weighted by Crippen LogP contribution is 2.40. The summed E-state index contributed by atoms with van der Waals surface area (Å²) in [6.45, 7) is 1.96. The van der Waals surface area contributed by atoms with E-state index in [1.165, 1.54) is 19.1 Å². The Labute approximate surface area is 168 Å². The zero-order valence-corrected chi connectivity index (χ0v) is 16.8. The quantitative estimate of drug-likeness (QED) is 0.537. The minimum atomic E-state index is -4.89. The Hall–Kier alpha value is -1.82. The van der Waals surface area contributed by atoms with Gasteiger partial charge in [-0.1, -0.05) is 12.1 Å². The number of hydrogen-bond acceptors (Lipinski definition) is 5. The second kappa shape index (κ2) is 8.13. The Balaban J connectivity index is 1.92. The first-order valence-corrected chi connectivity index (χ1v) is 10.9. The summed E-state index contributed by atoms with van der Waals surface area (Å²) in [5.41, 5.74) is -0.130. The first kappa shape index (κ1) is 21.9. The lowest BCUT2D eigenvalue weighted by molar-refractivity contribution is -0.134. The number of rotatable bonds is 6. The number of carbonyl (C=O) groups excluding carboxylic acids is 1. The van der Waals surface area contributed by atoms with Crippen molar-refractivity contribution in [3.8, 4) is 0 Å². The van der Waals surface area contributed by atoms with Crippen molar-refractivity contribution < 1.29 is 35.5 Å². The van der Waals surface area contributed by atoms with Crippen LogP contribution >= 0.6 is 11.3 Å². The Morgan fingerprint density at radius 2 is 2.03 bits per heavy atom. The van der Waals surface area contributed by atoms with E-state index in [-0.39, 0.29) is 23.5 Å². The van der Waals surface area contributed by atoms with Crippen molar-refractivity contribution in [2.24, 2.45) is 0 Å². The largest absolute Gasteiger partial charge is 0.426 e. The van der Waals surface area contributed by atoms with Crippen molar-refractivity contribution in [1.82, 2.24) is 4.72 Å². The highest BCUT2D eigenvalue weighted by atomic mass is 32.2. The average molecular weight is 451 g/mol. The number of alkyl halides is 3. The molecule has 1 aliphatic heterocycles. The van der Waals surface area contributed by atoms with E-state index in [4.69, 9.17) is 4.74 Å². The van der Waals surface area contributed by atoms with Crippen LogP contribution in [-0.4, -0.2) is 33.5 Å². The number of nitrogens with one attached hydrogen (secondary N) is 1. The van der Waals surface area contributed by atoms with Crippen molar-refractivity contribution in [3.63, 3.8) is 0 Å². The lowest BCUT2D eigenvalue weighted by Gasteiger charge is -2.09. The molecule has 1 N–H and O–H groups in total. The van der Waals surface area contributed by atoms with E-state index in [9.17, 15) is 30.8 Å². The number of halogens is 4. The minimum Gasteiger partial charge on any atom is -0.380 e. The summed E-state index contributed by atoms with van der Waals surface area (Å²) in [7, 11) is -4.24. The van der Waals surface area contributed by atoms with E-state index in [0.29, 0.717) is 18.6 Å². The molecule has 5 nitrogen and oxygen atoms in total. The molecule has 0 aliphatic carbocycles. The fraction of sp³-hybridized carbons (Fsp3) is 0.389. The first-order valence-electron chi connectivity index (χ1n) is 8.56. The van der Waals surface area contributed by atoms with Crippen molar-refractivity contribution in [2.45, 2.75) is 36.2 Å². The zero-order chi connectivity index (χ0) is 21.4. The van der Waals surface area contributed by atoms with Crippen LogP contribution in [0, 0.1) is 12.7 Å². The van der Waals surface area contributed by atoms with Crippen LogP contribution in [0.3, 0.4) is 0 Å². The summed E-state index contributed by atoms with van der Waals surface area (Å²) in [4.78, 5) is 11.3. The predicted octanol–water partition coefficient (Wildman–Crippen LogP) is 3.71. The van der Waals surface area contributed by atoms with E-state index >= 15 is 0 Å². The van der Waals surface area contributed by atoms with E-state index in [2.05, 4.69) is 4.72 Å². The van der Waals surface area contributed by atoms with Crippen LogP contribution in [0.15, 0.2) is 28.5 Å². The van der Waals surface area contributed by atoms with Crippen LogP contribution < -0.4 is 4.72 Å². The molecule has 0 bridgehead atoms. The monoisotopic (exact) mass is 451 g/mol. The van der Waals surface area contributed by atoms with Crippen LogP contribution in [0.1, 0.15) is 32.8 Å². The molecule has 2 heterocycles. The Morgan fingerprint density at radius 1 is 1.31 bits per heavy atom. The molecule has 158 valence electrons. The normalized spacial score (nSPS) is 17.6. The number of benzene rings is 1. The van der Waals surface area contributed by atoms with Gasteiger partial charge in [0.05, 0.1) is 6.61 Å². The van der Waals surface area contributed by atoms with Crippen LogP contribution in [0.5, 0.6) is 0 Å². The summed E-state index contributed by atoms with van der Waals surface area (Å²) in [6.07, 6.45) is -4.89. The molecule has 11 heteroatoms. The summed E-state index contributed by atoms with van der Waals surface area (Å²) in [6, 6.07) is 4.02. The number of ether oxygens (including phenoxy) is 1. The fourth-order valence-corrected chi connectivity index (χ4v) is 5.54. The van der Waals surface area contributed by atoms with E-state index in [1.807, 2.05) is 0 Å². The standard InChI is InChI=1S/C18H17F4NO4S2/c1-10-6-11(2-3-14(10)19)7-15(24)13-8-16(28-17(13)18(20,21)22)29(25,26)23-12-4-5-27-9-12/h2-3,6,8,12,23H,4-5,7,9H2,1H3/t12-/m0/s1. The number of sulfonamides is 1. The molecule has 1 aliphatic rings. The number of carbonyl (C=O) groups is 1. The van der Waals surface area contributed by atoms with Crippen molar-refractivity contribution in [2.75, 3.05) is 13.2 Å². The number of thiophene rings is 1. The molecule has 0 unspecified atom stereocenters. The molecule has 1 atom stereocenters. The van der Waals surface area contributed by atoms with Crippen LogP contribution in [0.2, 0.25) is 0 Å². The van der Waals surface area contributed by atoms with Gasteiger partial charge in [0.25, 0.3) is 0 Å². The first-order chi connectivity index (χ1) is 13.5. The van der Waals surface area contributed by atoms with Gasteiger partial charge in [-0.3, -0.25) is 4.79 Å². The van der Waals surface area contributed by atoms with Crippen LogP contribution in [0.4, 0.5) is 17.6 Å². The highest BCUT2D eigenvalue weighted by Gasteiger charge is 2.40. The smallest absolute Gasteiger partial charge is 0.380 e. The molecule has 2 aromatic rings. The Kier molecular flexibility index (Phi) is 6.13. The van der Waals surface area contributed by atoms with Gasteiger partial charge < -0.3 is 4.74 Å². The number of ketones is 1. The molecule has 0 spiro atoms. The van der Waals surface area contributed by atoms with Crippen LogP contribution in [0.25, 0.3) is 0 Å². The third kappa shape index (κ3) is 5.03. The second-order valence-electron chi connectivity index (χ2n) is 6.67. The third-order valence-corrected chi connectivity index (χ3v) is 7.54. The lowest BCUT2D eigenvalue weighted by atomic mass is 10.0. The predicted molar refractivity (Wildman–Crippen MR) is 98.0 cm³/mol. The summed E-state index contributed by atoms with van der Waals surface area (Å²) < 4.78 is 85.4. The number of aryl methyl sites for hydroxylation is 1.